The number of hydrogen-bond acceptors (Lipinski definition) is 2. The van der Waals surface area contributed by atoms with E-state index in [0.29, 0.717) is 7.14 Å². The van der Waals surface area contributed by atoms with Crippen LogP contribution in [0.4, 0.5) is 30.7 Å². The summed E-state index contributed by atoms with van der Waals surface area (Å²) in [5, 5.41) is 0. The van der Waals surface area contributed by atoms with Crippen molar-refractivity contribution in [2.75, 3.05) is 0 Å². The first-order chi connectivity index (χ1) is 16.3. The van der Waals surface area contributed by atoms with Crippen molar-refractivity contribution >= 4 is 5.97 Å². The molecule has 36 heavy (non-hydrogen) atoms. The van der Waals surface area contributed by atoms with Gasteiger partial charge in [-0.2, -0.15) is 30.7 Å². The van der Waals surface area contributed by atoms with E-state index in [1.54, 1.807) is 48.5 Å². The molecule has 0 aromatic heterocycles. The fourth-order valence-electron chi connectivity index (χ4n) is 3.08. The van der Waals surface area contributed by atoms with Crippen LogP contribution in [0.3, 0.4) is 0 Å². The van der Waals surface area contributed by atoms with E-state index >= 15 is 0 Å². The minimum atomic E-state index is -6.63. The molecule has 0 aliphatic rings. The lowest BCUT2D eigenvalue weighted by Crippen LogP contribution is -3.85. The van der Waals surface area contributed by atoms with Gasteiger partial charge in [0.2, 0.25) is 0 Å². The van der Waals surface area contributed by atoms with E-state index < -0.39 is 44.2 Å². The van der Waals surface area contributed by atoms with Crippen LogP contribution in [0.5, 0.6) is 0 Å². The Labute approximate surface area is 214 Å². The average Bonchev–Trinajstić information content (AvgIpc) is 2.81. The summed E-state index contributed by atoms with van der Waals surface area (Å²) in [6, 6.07) is 13.1. The quantitative estimate of drug-likeness (QED) is 0.287. The Morgan fingerprint density at radius 1 is 0.694 bits per heavy atom. The first-order valence-corrected chi connectivity index (χ1v) is 14.3. The normalized spacial score (nSPS) is 13.7. The second-order valence-electron chi connectivity index (χ2n) is 9.75. The van der Waals surface area contributed by atoms with E-state index in [9.17, 15) is 35.5 Å². The van der Waals surface area contributed by atoms with Gasteiger partial charge < -0.3 is 0 Å². The van der Waals surface area contributed by atoms with E-state index in [4.69, 9.17) is 3.07 Å². The van der Waals surface area contributed by atoms with Crippen LogP contribution in [0.25, 0.3) is 0 Å². The zero-order valence-corrected chi connectivity index (χ0v) is 23.0. The van der Waals surface area contributed by atoms with Gasteiger partial charge in [0.05, 0.1) is 0 Å². The number of alkyl halides is 7. The smallest absolute Gasteiger partial charge is 0.239 e. The zero-order chi connectivity index (χ0) is 27.7. The van der Waals surface area contributed by atoms with Crippen molar-refractivity contribution in [3.8, 4) is 0 Å². The molecule has 1 radical (unpaired) electrons. The van der Waals surface area contributed by atoms with Crippen LogP contribution in [-0.2, 0) is 18.7 Å². The van der Waals surface area contributed by atoms with Gasteiger partial charge in [0, 0.05) is 0 Å². The largest absolute Gasteiger partial charge is 0.460 e. The third-order valence-electron chi connectivity index (χ3n) is 6.57. The van der Waals surface area contributed by atoms with Gasteiger partial charge in [0.25, 0.3) is 0 Å². The number of hydrogen-bond donors (Lipinski definition) is 0. The zero-order valence-electron chi connectivity index (χ0n) is 20.9. The fraction of sp³-hybridized carbons (Fsp3) is 0.500. The van der Waals surface area contributed by atoms with Gasteiger partial charge in [-0.3, -0.25) is 0 Å². The van der Waals surface area contributed by atoms with Gasteiger partial charge in [-0.05, 0) is 59.1 Å². The predicted octanol–water partition coefficient (Wildman–Crippen LogP) is 5.02. The summed E-state index contributed by atoms with van der Waals surface area (Å²) in [6.45, 7) is 11.9. The first kappa shape index (κ1) is 30.4. The average molecular weight is 634 g/mol. The van der Waals surface area contributed by atoms with Crippen LogP contribution in [0.1, 0.15) is 65.5 Å². The Morgan fingerprint density at radius 2 is 1.03 bits per heavy atom. The number of halogens is 8. The standard InChI is InChI=1S/C26H30F7IO2/c1-7-22(3,4)17-9-13-19(14-10-17)34(20-15-11-18(12-16-20)23(5,6)8-2)36-21(35)24(27,28)25(29,30)26(31,32)33/h9-16H,7-8H2,1-6H3/q+1. The predicted molar refractivity (Wildman–Crippen MR) is 119 cm³/mol. The second kappa shape index (κ2) is 10.5. The molecule has 0 heterocycles. The molecular formula is C26H30F7IO2+. The molecule has 2 aromatic rings. The van der Waals surface area contributed by atoms with Gasteiger partial charge >= 0.3 is 44.2 Å². The summed E-state index contributed by atoms with van der Waals surface area (Å²) in [4.78, 5) is 12.1. The van der Waals surface area contributed by atoms with Crippen molar-refractivity contribution in [2.45, 2.75) is 83.2 Å². The van der Waals surface area contributed by atoms with Crippen molar-refractivity contribution < 1.29 is 58.8 Å². The van der Waals surface area contributed by atoms with Gasteiger partial charge in [-0.1, -0.05) is 65.8 Å². The molecule has 0 aliphatic heterocycles. The molecule has 0 amide bonds. The van der Waals surface area contributed by atoms with Crippen LogP contribution < -0.4 is 20.2 Å². The molecule has 0 bridgehead atoms. The van der Waals surface area contributed by atoms with Crippen LogP contribution in [-0.4, -0.2) is 24.0 Å². The SMILES string of the molecule is CCC(C)(C)c1ccc([I+](OC(=O)C(F)(F)C(F)(F)C(F)(F)F)c2ccc(C(C)(C)CC)cc2)cc1. The Morgan fingerprint density at radius 3 is 1.31 bits per heavy atom. The molecule has 0 atom stereocenters. The summed E-state index contributed by atoms with van der Waals surface area (Å²) in [7, 11) is 0. The van der Waals surface area contributed by atoms with E-state index in [1.165, 1.54) is 0 Å². The van der Waals surface area contributed by atoms with Crippen molar-refractivity contribution in [2.24, 2.45) is 0 Å². The lowest BCUT2D eigenvalue weighted by atomic mass is 9.82. The Hall–Kier alpha value is -1.85. The highest BCUT2D eigenvalue weighted by Gasteiger charge is 2.78. The van der Waals surface area contributed by atoms with Gasteiger partial charge in [0.15, 0.2) is 7.14 Å². The van der Waals surface area contributed by atoms with Crippen molar-refractivity contribution in [1.29, 1.82) is 0 Å². The third kappa shape index (κ3) is 5.99. The van der Waals surface area contributed by atoms with E-state index in [-0.39, 0.29) is 10.8 Å². The Balaban J connectivity index is 2.54. The summed E-state index contributed by atoms with van der Waals surface area (Å²) in [5.41, 5.74) is 1.38. The summed E-state index contributed by atoms with van der Waals surface area (Å²) in [6.07, 6.45) is -5.05. The lowest BCUT2D eigenvalue weighted by Gasteiger charge is -2.25. The highest BCUT2D eigenvalue weighted by atomic mass is 127. The molecule has 2 rings (SSSR count). The maximum atomic E-state index is 14.1. The minimum Gasteiger partial charge on any atom is -0.239 e. The molecule has 0 unspecified atom stereocenters. The molecule has 0 saturated heterocycles. The molecule has 2 nitrogen and oxygen atoms in total. The monoisotopic (exact) mass is 634 g/mol. The molecule has 201 valence electrons. The summed E-state index contributed by atoms with van der Waals surface area (Å²) in [5.74, 6) is -15.6. The van der Waals surface area contributed by atoms with E-state index in [2.05, 4.69) is 0 Å². The fourth-order valence-corrected chi connectivity index (χ4v) is 7.01. The summed E-state index contributed by atoms with van der Waals surface area (Å²) >= 11 is -3.66. The molecule has 0 saturated carbocycles. The molecule has 0 N–H and O–H groups in total. The molecule has 0 aliphatic carbocycles. The molecular weight excluding hydrogens is 604 g/mol. The third-order valence-corrected chi connectivity index (χ3v) is 11.1. The maximum absolute atomic E-state index is 14.1. The minimum absolute atomic E-state index is 0.219. The second-order valence-corrected chi connectivity index (χ2v) is 14.1. The van der Waals surface area contributed by atoms with Crippen molar-refractivity contribution in [3.05, 3.63) is 66.8 Å². The van der Waals surface area contributed by atoms with Gasteiger partial charge in [-0.25, -0.2) is 7.86 Å². The molecule has 10 heteroatoms. The Kier molecular flexibility index (Phi) is 8.85. The van der Waals surface area contributed by atoms with Gasteiger partial charge in [0.1, 0.15) is 0 Å². The topological polar surface area (TPSA) is 26.3 Å². The lowest BCUT2D eigenvalue weighted by molar-refractivity contribution is -1.04. The van der Waals surface area contributed by atoms with Crippen LogP contribution >= 0.6 is 0 Å². The van der Waals surface area contributed by atoms with E-state index in [1.807, 2.05) is 41.5 Å². The van der Waals surface area contributed by atoms with E-state index in [0.717, 1.165) is 24.0 Å². The van der Waals surface area contributed by atoms with Gasteiger partial charge in [-0.15, -0.1) is 0 Å². The first-order valence-electron chi connectivity index (χ1n) is 11.3. The highest BCUT2D eigenvalue weighted by Crippen LogP contribution is 2.46. The van der Waals surface area contributed by atoms with Crippen molar-refractivity contribution in [1.82, 2.24) is 0 Å². The van der Waals surface area contributed by atoms with Crippen LogP contribution in [0.2, 0.25) is 0 Å². The molecule has 0 spiro atoms. The number of rotatable bonds is 9. The number of carbonyl (C=O) groups is 1. The van der Waals surface area contributed by atoms with Crippen LogP contribution in [0.15, 0.2) is 48.5 Å². The summed E-state index contributed by atoms with van der Waals surface area (Å²) < 4.78 is 98.5. The van der Waals surface area contributed by atoms with Crippen molar-refractivity contribution in [3.63, 3.8) is 0 Å². The number of benzene rings is 2. The Bertz CT molecular complexity index is 984. The highest BCUT2D eigenvalue weighted by molar-refractivity contribution is 5.78. The van der Waals surface area contributed by atoms with Crippen LogP contribution in [0, 0.1) is 7.14 Å². The maximum Gasteiger partial charge on any atom is 0.460 e. The number of carbonyl (C=O) groups excluding carboxylic acids is 1. The molecule has 0 fully saturated rings. The molecule has 2 aromatic carbocycles.